The summed E-state index contributed by atoms with van der Waals surface area (Å²) in [5.41, 5.74) is 2.73. The SMILES string of the molecule is CCCNC(=O)CC1CCN(C(=O)c2[nH]c(C)cc2C)CC1. The first-order valence-electron chi connectivity index (χ1n) is 8.23. The minimum absolute atomic E-state index is 0.0829. The lowest BCUT2D eigenvalue weighted by molar-refractivity contribution is -0.122. The summed E-state index contributed by atoms with van der Waals surface area (Å²) in [6.45, 7) is 8.20. The van der Waals surface area contributed by atoms with Crippen molar-refractivity contribution in [3.05, 3.63) is 23.0 Å². The summed E-state index contributed by atoms with van der Waals surface area (Å²) in [4.78, 5) is 29.3. The van der Waals surface area contributed by atoms with Gasteiger partial charge in [-0.05, 0) is 50.7 Å². The van der Waals surface area contributed by atoms with E-state index in [1.165, 1.54) is 0 Å². The maximum atomic E-state index is 12.5. The van der Waals surface area contributed by atoms with Crippen LogP contribution >= 0.6 is 0 Å². The number of rotatable bonds is 5. The van der Waals surface area contributed by atoms with Crippen LogP contribution in [0.5, 0.6) is 0 Å². The van der Waals surface area contributed by atoms with Gasteiger partial charge in [-0.15, -0.1) is 0 Å². The van der Waals surface area contributed by atoms with Gasteiger partial charge in [0.1, 0.15) is 5.69 Å². The summed E-state index contributed by atoms with van der Waals surface area (Å²) < 4.78 is 0. The summed E-state index contributed by atoms with van der Waals surface area (Å²) in [5.74, 6) is 0.620. The Labute approximate surface area is 132 Å². The van der Waals surface area contributed by atoms with E-state index >= 15 is 0 Å². The Bertz CT molecular complexity index is 528. The highest BCUT2D eigenvalue weighted by molar-refractivity contribution is 5.94. The van der Waals surface area contributed by atoms with Crippen LogP contribution in [-0.4, -0.2) is 41.3 Å². The van der Waals surface area contributed by atoms with Crippen molar-refractivity contribution in [1.29, 1.82) is 0 Å². The standard InChI is InChI=1S/C17H27N3O2/c1-4-7-18-15(21)11-14-5-8-20(9-6-14)17(22)16-12(2)10-13(3)19-16/h10,14,19H,4-9,11H2,1-3H3,(H,18,21). The highest BCUT2D eigenvalue weighted by Crippen LogP contribution is 2.22. The largest absolute Gasteiger partial charge is 0.356 e. The summed E-state index contributed by atoms with van der Waals surface area (Å²) >= 11 is 0. The van der Waals surface area contributed by atoms with Gasteiger partial charge in [-0.1, -0.05) is 6.92 Å². The zero-order valence-electron chi connectivity index (χ0n) is 13.9. The number of aromatic nitrogens is 1. The number of nitrogens with one attached hydrogen (secondary N) is 2. The van der Waals surface area contributed by atoms with Gasteiger partial charge in [0, 0.05) is 31.7 Å². The topological polar surface area (TPSA) is 65.2 Å². The number of aromatic amines is 1. The number of nitrogens with zero attached hydrogens (tertiary/aromatic N) is 1. The fourth-order valence-electron chi connectivity index (χ4n) is 3.05. The average molecular weight is 305 g/mol. The Hall–Kier alpha value is -1.78. The Balaban J connectivity index is 1.83. The molecule has 0 unspecified atom stereocenters. The van der Waals surface area contributed by atoms with E-state index in [2.05, 4.69) is 17.2 Å². The minimum atomic E-state index is 0.0829. The van der Waals surface area contributed by atoms with Crippen molar-refractivity contribution in [3.63, 3.8) is 0 Å². The zero-order valence-corrected chi connectivity index (χ0v) is 13.9. The molecule has 1 aliphatic rings. The molecule has 1 saturated heterocycles. The predicted molar refractivity (Wildman–Crippen MR) is 86.8 cm³/mol. The molecule has 0 aliphatic carbocycles. The molecule has 22 heavy (non-hydrogen) atoms. The van der Waals surface area contributed by atoms with Gasteiger partial charge in [0.15, 0.2) is 0 Å². The Morgan fingerprint density at radius 3 is 2.55 bits per heavy atom. The molecule has 0 aromatic carbocycles. The molecule has 1 aliphatic heterocycles. The molecule has 2 rings (SSSR count). The van der Waals surface area contributed by atoms with Crippen molar-refractivity contribution in [2.24, 2.45) is 5.92 Å². The first kappa shape index (κ1) is 16.6. The second-order valence-corrected chi connectivity index (χ2v) is 6.30. The summed E-state index contributed by atoms with van der Waals surface area (Å²) in [5, 5.41) is 2.93. The molecule has 2 heterocycles. The summed E-state index contributed by atoms with van der Waals surface area (Å²) in [7, 11) is 0. The van der Waals surface area contributed by atoms with Crippen molar-refractivity contribution < 1.29 is 9.59 Å². The first-order chi connectivity index (χ1) is 10.5. The van der Waals surface area contributed by atoms with E-state index in [0.717, 1.165) is 50.2 Å². The number of amides is 2. The Morgan fingerprint density at radius 2 is 2.00 bits per heavy atom. The smallest absolute Gasteiger partial charge is 0.270 e. The lowest BCUT2D eigenvalue weighted by atomic mass is 9.93. The van der Waals surface area contributed by atoms with E-state index in [-0.39, 0.29) is 11.8 Å². The second kappa shape index (κ2) is 7.47. The van der Waals surface area contributed by atoms with E-state index in [1.54, 1.807) is 0 Å². The fourth-order valence-corrected chi connectivity index (χ4v) is 3.05. The van der Waals surface area contributed by atoms with Crippen LogP contribution in [0.25, 0.3) is 0 Å². The number of piperidine rings is 1. The molecule has 1 fully saturated rings. The summed E-state index contributed by atoms with van der Waals surface area (Å²) in [6, 6.07) is 2.00. The van der Waals surface area contributed by atoms with Crippen molar-refractivity contribution in [3.8, 4) is 0 Å². The molecule has 0 saturated carbocycles. The van der Waals surface area contributed by atoms with Gasteiger partial charge in [-0.2, -0.15) is 0 Å². The van der Waals surface area contributed by atoms with Crippen molar-refractivity contribution in [2.75, 3.05) is 19.6 Å². The molecule has 1 aromatic heterocycles. The molecule has 1 aromatic rings. The van der Waals surface area contributed by atoms with Gasteiger partial charge in [0.2, 0.25) is 5.91 Å². The van der Waals surface area contributed by atoms with Crippen molar-refractivity contribution in [1.82, 2.24) is 15.2 Å². The van der Waals surface area contributed by atoms with Crippen LogP contribution in [0.1, 0.15) is 54.4 Å². The zero-order chi connectivity index (χ0) is 16.1. The molecule has 0 spiro atoms. The van der Waals surface area contributed by atoms with Crippen LogP contribution in [0.3, 0.4) is 0 Å². The van der Waals surface area contributed by atoms with E-state index in [0.29, 0.717) is 18.0 Å². The van der Waals surface area contributed by atoms with Gasteiger partial charge in [0.05, 0.1) is 0 Å². The summed E-state index contributed by atoms with van der Waals surface area (Å²) in [6.07, 6.45) is 3.37. The van der Waals surface area contributed by atoms with Crippen molar-refractivity contribution in [2.45, 2.75) is 46.5 Å². The third-order valence-electron chi connectivity index (χ3n) is 4.31. The number of aryl methyl sites for hydroxylation is 2. The number of carbonyl (C=O) groups excluding carboxylic acids is 2. The maximum Gasteiger partial charge on any atom is 0.270 e. The molecular formula is C17H27N3O2. The highest BCUT2D eigenvalue weighted by atomic mass is 16.2. The van der Waals surface area contributed by atoms with E-state index in [9.17, 15) is 9.59 Å². The molecule has 2 N–H and O–H groups in total. The average Bonchev–Trinajstić information content (AvgIpc) is 2.84. The first-order valence-corrected chi connectivity index (χ1v) is 8.23. The molecule has 0 radical (unpaired) electrons. The number of carbonyl (C=O) groups is 2. The number of hydrogen-bond donors (Lipinski definition) is 2. The second-order valence-electron chi connectivity index (χ2n) is 6.30. The molecular weight excluding hydrogens is 278 g/mol. The molecule has 122 valence electrons. The third-order valence-corrected chi connectivity index (χ3v) is 4.31. The lowest BCUT2D eigenvalue weighted by Crippen LogP contribution is -2.40. The van der Waals surface area contributed by atoms with Gasteiger partial charge in [-0.3, -0.25) is 9.59 Å². The fraction of sp³-hybridized carbons (Fsp3) is 0.647. The highest BCUT2D eigenvalue weighted by Gasteiger charge is 2.26. The number of likely N-dealkylation sites (tertiary alicyclic amines) is 1. The predicted octanol–water partition coefficient (Wildman–Crippen LogP) is 2.40. The van der Waals surface area contributed by atoms with Gasteiger partial charge in [-0.25, -0.2) is 0 Å². The van der Waals surface area contributed by atoms with Gasteiger partial charge >= 0.3 is 0 Å². The van der Waals surface area contributed by atoms with Crippen LogP contribution in [0.2, 0.25) is 0 Å². The maximum absolute atomic E-state index is 12.5. The van der Waals surface area contributed by atoms with E-state index in [4.69, 9.17) is 0 Å². The van der Waals surface area contributed by atoms with Crippen LogP contribution < -0.4 is 5.32 Å². The molecule has 5 nitrogen and oxygen atoms in total. The number of H-pyrrole nitrogens is 1. The monoisotopic (exact) mass is 305 g/mol. The van der Waals surface area contributed by atoms with Crippen LogP contribution in [0.15, 0.2) is 6.07 Å². The van der Waals surface area contributed by atoms with Crippen molar-refractivity contribution >= 4 is 11.8 Å². The minimum Gasteiger partial charge on any atom is -0.356 e. The van der Waals surface area contributed by atoms with Crippen LogP contribution in [-0.2, 0) is 4.79 Å². The molecule has 5 heteroatoms. The Kier molecular flexibility index (Phi) is 5.63. The van der Waals surface area contributed by atoms with Gasteiger partial charge in [0.25, 0.3) is 5.91 Å². The quantitative estimate of drug-likeness (QED) is 0.877. The normalized spacial score (nSPS) is 15.9. The van der Waals surface area contributed by atoms with E-state index in [1.807, 2.05) is 24.8 Å². The Morgan fingerprint density at radius 1 is 1.32 bits per heavy atom. The van der Waals surface area contributed by atoms with Gasteiger partial charge < -0.3 is 15.2 Å². The van der Waals surface area contributed by atoms with Crippen LogP contribution in [0, 0.1) is 19.8 Å². The molecule has 2 amide bonds. The van der Waals surface area contributed by atoms with E-state index < -0.39 is 0 Å². The van der Waals surface area contributed by atoms with Crippen LogP contribution in [0.4, 0.5) is 0 Å². The third kappa shape index (κ3) is 4.12. The lowest BCUT2D eigenvalue weighted by Gasteiger charge is -2.31. The molecule has 0 bridgehead atoms. The molecule has 0 atom stereocenters. The number of hydrogen-bond acceptors (Lipinski definition) is 2.